The lowest BCUT2D eigenvalue weighted by atomic mass is 10.3. The number of hydrogen-bond donors (Lipinski definition) is 3. The zero-order valence-electron chi connectivity index (χ0n) is 9.62. The molecule has 0 aliphatic carbocycles. The number of nitrogens with two attached hydrogens (primary N) is 1. The first-order valence-electron chi connectivity index (χ1n) is 5.35. The monoisotopic (exact) mass is 294 g/mol. The van der Waals surface area contributed by atoms with E-state index in [1.807, 2.05) is 0 Å². The predicted octanol–water partition coefficient (Wildman–Crippen LogP) is -0.727. The van der Waals surface area contributed by atoms with E-state index in [9.17, 15) is 27.4 Å². The molecule has 1 aliphatic heterocycles. The average molecular weight is 294 g/mol. The molecule has 1 fully saturated rings. The third kappa shape index (κ3) is 2.29. The van der Waals surface area contributed by atoms with Gasteiger partial charge in [0.2, 0.25) is 10.0 Å². The van der Waals surface area contributed by atoms with Crippen LogP contribution in [0.1, 0.15) is 0 Å². The fraction of sp³-hybridized carbons (Fsp3) is 0.400. The lowest BCUT2D eigenvalue weighted by molar-refractivity contribution is 0.0572. The topological polar surface area (TPSA) is 104 Å². The van der Waals surface area contributed by atoms with Gasteiger partial charge in [-0.15, -0.1) is 0 Å². The van der Waals surface area contributed by atoms with Crippen LogP contribution >= 0.6 is 0 Å². The summed E-state index contributed by atoms with van der Waals surface area (Å²) in [7, 11) is -4.28. The standard InChI is InChI=1S/C10H12F2N2O4S/c11-5-1-2-8(9(12)10(5)13)19(17,18)14-3-6(15)7(16)4-14/h1-2,6-7,15-16H,3-4,13H2. The third-order valence-corrected chi connectivity index (χ3v) is 4.78. The highest BCUT2D eigenvalue weighted by atomic mass is 32.2. The Labute approximate surface area is 108 Å². The summed E-state index contributed by atoms with van der Waals surface area (Å²) in [5.74, 6) is -2.44. The van der Waals surface area contributed by atoms with Crippen LogP contribution in [0, 0.1) is 11.6 Å². The lowest BCUT2D eigenvalue weighted by Crippen LogP contribution is -2.30. The lowest BCUT2D eigenvalue weighted by Gasteiger charge is -2.16. The minimum Gasteiger partial charge on any atom is -0.394 e. The number of aliphatic hydroxyl groups is 2. The van der Waals surface area contributed by atoms with Crippen LogP contribution in [-0.2, 0) is 10.0 Å². The van der Waals surface area contributed by atoms with Crippen molar-refractivity contribution in [3.8, 4) is 0 Å². The normalized spacial score (nSPS) is 24.8. The molecule has 0 radical (unpaired) electrons. The summed E-state index contributed by atoms with van der Waals surface area (Å²) in [6, 6.07) is 1.50. The largest absolute Gasteiger partial charge is 0.394 e. The molecule has 0 bridgehead atoms. The van der Waals surface area contributed by atoms with Crippen LogP contribution in [0.3, 0.4) is 0 Å². The number of nitrogen functional groups attached to an aromatic ring is 1. The number of rotatable bonds is 2. The van der Waals surface area contributed by atoms with E-state index in [0.29, 0.717) is 0 Å². The molecule has 0 spiro atoms. The van der Waals surface area contributed by atoms with E-state index in [1.165, 1.54) is 0 Å². The molecule has 2 atom stereocenters. The zero-order chi connectivity index (χ0) is 14.4. The van der Waals surface area contributed by atoms with Crippen LogP contribution in [0.15, 0.2) is 17.0 Å². The molecule has 2 unspecified atom stereocenters. The number of sulfonamides is 1. The molecular weight excluding hydrogens is 282 g/mol. The van der Waals surface area contributed by atoms with Crippen molar-refractivity contribution in [1.82, 2.24) is 4.31 Å². The summed E-state index contributed by atoms with van der Waals surface area (Å²) in [4.78, 5) is -0.785. The molecule has 106 valence electrons. The van der Waals surface area contributed by atoms with E-state index in [2.05, 4.69) is 0 Å². The molecule has 1 aromatic rings. The molecule has 1 saturated heterocycles. The Bertz CT molecular complexity index is 598. The van der Waals surface area contributed by atoms with Gasteiger partial charge in [-0.25, -0.2) is 17.2 Å². The number of β-amino-alcohol motifs (C(OH)–C–C–N with tert-alkyl or cyclic N) is 2. The van der Waals surface area contributed by atoms with Crippen LogP contribution in [-0.4, -0.2) is 48.2 Å². The van der Waals surface area contributed by atoms with Crippen molar-refractivity contribution in [2.24, 2.45) is 0 Å². The van der Waals surface area contributed by atoms with Crippen molar-refractivity contribution in [2.45, 2.75) is 17.1 Å². The fourth-order valence-corrected chi connectivity index (χ4v) is 3.37. The SMILES string of the molecule is Nc1c(F)ccc(S(=O)(=O)N2CC(O)C(O)C2)c1F. The maximum atomic E-state index is 13.7. The van der Waals surface area contributed by atoms with E-state index >= 15 is 0 Å². The molecule has 1 aromatic carbocycles. The smallest absolute Gasteiger partial charge is 0.246 e. The van der Waals surface area contributed by atoms with Crippen LogP contribution in [0.5, 0.6) is 0 Å². The van der Waals surface area contributed by atoms with Gasteiger partial charge in [-0.2, -0.15) is 4.31 Å². The fourth-order valence-electron chi connectivity index (χ4n) is 1.82. The molecule has 0 aromatic heterocycles. The molecule has 1 aliphatic rings. The Balaban J connectivity index is 2.44. The molecular formula is C10H12F2N2O4S. The van der Waals surface area contributed by atoms with Gasteiger partial charge in [0.05, 0.1) is 12.2 Å². The van der Waals surface area contributed by atoms with Crippen LogP contribution in [0.4, 0.5) is 14.5 Å². The van der Waals surface area contributed by atoms with Gasteiger partial charge in [-0.05, 0) is 12.1 Å². The van der Waals surface area contributed by atoms with E-state index in [1.54, 1.807) is 0 Å². The van der Waals surface area contributed by atoms with Crippen molar-refractivity contribution < 1.29 is 27.4 Å². The maximum absolute atomic E-state index is 13.7. The van der Waals surface area contributed by atoms with Gasteiger partial charge in [-0.3, -0.25) is 0 Å². The molecule has 1 heterocycles. The Hall–Kier alpha value is -1.29. The Morgan fingerprint density at radius 1 is 1.21 bits per heavy atom. The number of anilines is 1. The molecule has 2 rings (SSSR count). The average Bonchev–Trinajstić information content (AvgIpc) is 2.67. The van der Waals surface area contributed by atoms with Crippen LogP contribution in [0.2, 0.25) is 0 Å². The second-order valence-corrected chi connectivity index (χ2v) is 6.14. The summed E-state index contributed by atoms with van der Waals surface area (Å²) >= 11 is 0. The van der Waals surface area contributed by atoms with E-state index in [-0.39, 0.29) is 13.1 Å². The van der Waals surface area contributed by atoms with Gasteiger partial charge in [0.25, 0.3) is 0 Å². The number of aliphatic hydroxyl groups excluding tert-OH is 2. The summed E-state index contributed by atoms with van der Waals surface area (Å²) in [5, 5.41) is 18.6. The second kappa shape index (κ2) is 4.67. The van der Waals surface area contributed by atoms with Crippen molar-refractivity contribution in [3.63, 3.8) is 0 Å². The van der Waals surface area contributed by atoms with Gasteiger partial charge < -0.3 is 15.9 Å². The summed E-state index contributed by atoms with van der Waals surface area (Å²) < 4.78 is 51.6. The van der Waals surface area contributed by atoms with Gasteiger partial charge in [0, 0.05) is 13.1 Å². The molecule has 0 saturated carbocycles. The van der Waals surface area contributed by atoms with Crippen LogP contribution < -0.4 is 5.73 Å². The van der Waals surface area contributed by atoms with Crippen LogP contribution in [0.25, 0.3) is 0 Å². The van der Waals surface area contributed by atoms with Crippen molar-refractivity contribution in [2.75, 3.05) is 18.8 Å². The Morgan fingerprint density at radius 3 is 2.26 bits per heavy atom. The molecule has 6 nitrogen and oxygen atoms in total. The minimum absolute atomic E-state index is 0.361. The van der Waals surface area contributed by atoms with Crippen molar-refractivity contribution in [1.29, 1.82) is 0 Å². The summed E-state index contributed by atoms with van der Waals surface area (Å²) in [6.07, 6.45) is -2.48. The van der Waals surface area contributed by atoms with E-state index in [0.717, 1.165) is 16.4 Å². The van der Waals surface area contributed by atoms with E-state index in [4.69, 9.17) is 5.73 Å². The number of hydrogen-bond acceptors (Lipinski definition) is 5. The number of benzene rings is 1. The Morgan fingerprint density at radius 2 is 1.74 bits per heavy atom. The van der Waals surface area contributed by atoms with Gasteiger partial charge >= 0.3 is 0 Å². The molecule has 0 amide bonds. The molecule has 19 heavy (non-hydrogen) atoms. The molecule has 4 N–H and O–H groups in total. The quantitative estimate of drug-likeness (QED) is 0.624. The Kier molecular flexibility index (Phi) is 3.47. The van der Waals surface area contributed by atoms with Gasteiger partial charge in [0.15, 0.2) is 5.82 Å². The van der Waals surface area contributed by atoms with Crippen molar-refractivity contribution in [3.05, 3.63) is 23.8 Å². The first-order chi connectivity index (χ1) is 8.75. The first-order valence-corrected chi connectivity index (χ1v) is 6.79. The highest BCUT2D eigenvalue weighted by Gasteiger charge is 2.39. The number of halogens is 2. The first kappa shape index (κ1) is 14.1. The molecule has 9 heteroatoms. The minimum atomic E-state index is -4.28. The highest BCUT2D eigenvalue weighted by molar-refractivity contribution is 7.89. The summed E-state index contributed by atoms with van der Waals surface area (Å²) in [6.45, 7) is -0.722. The number of nitrogens with zero attached hydrogens (tertiary/aromatic N) is 1. The predicted molar refractivity (Wildman–Crippen MR) is 61.5 cm³/mol. The van der Waals surface area contributed by atoms with E-state index < -0.39 is 44.4 Å². The van der Waals surface area contributed by atoms with Gasteiger partial charge in [-0.1, -0.05) is 0 Å². The summed E-state index contributed by atoms with van der Waals surface area (Å²) in [5.41, 5.74) is 4.21. The second-order valence-electron chi connectivity index (χ2n) is 4.23. The van der Waals surface area contributed by atoms with Crippen molar-refractivity contribution >= 4 is 15.7 Å². The third-order valence-electron chi connectivity index (χ3n) is 2.93. The maximum Gasteiger partial charge on any atom is 0.246 e. The van der Waals surface area contributed by atoms with Gasteiger partial charge in [0.1, 0.15) is 16.4 Å². The highest BCUT2D eigenvalue weighted by Crippen LogP contribution is 2.27. The zero-order valence-corrected chi connectivity index (χ0v) is 10.4.